The molecule has 8 heteroatoms. The first kappa shape index (κ1) is 13.4. The molecule has 2 aromatic heterocycles. The topological polar surface area (TPSA) is 104 Å². The Bertz CT molecular complexity index is 704. The Morgan fingerprint density at radius 1 is 1.48 bits per heavy atom. The van der Waals surface area contributed by atoms with Crippen LogP contribution in [0.25, 0.3) is 6.08 Å². The van der Waals surface area contributed by atoms with Crippen LogP contribution < -0.4 is 11.1 Å². The van der Waals surface area contributed by atoms with Crippen molar-refractivity contribution in [1.82, 2.24) is 15.1 Å². The normalized spacial score (nSPS) is 13.6. The summed E-state index contributed by atoms with van der Waals surface area (Å²) in [6.45, 7) is 0.740. The Labute approximate surface area is 124 Å². The van der Waals surface area contributed by atoms with Crippen LogP contribution in [0.5, 0.6) is 0 Å². The van der Waals surface area contributed by atoms with Gasteiger partial charge in [-0.3, -0.25) is 9.89 Å². The number of aromatic amines is 1. The maximum Gasteiger partial charge on any atom is 0.315 e. The monoisotopic (exact) mass is 303 g/mol. The van der Waals surface area contributed by atoms with Crippen LogP contribution in [0.1, 0.15) is 16.1 Å². The first-order chi connectivity index (χ1) is 10.1. The lowest BCUT2D eigenvalue weighted by atomic mass is 10.3. The van der Waals surface area contributed by atoms with E-state index in [0.717, 1.165) is 16.1 Å². The molecule has 1 aliphatic rings. The predicted molar refractivity (Wildman–Crippen MR) is 79.4 cm³/mol. The van der Waals surface area contributed by atoms with Crippen LogP contribution >= 0.6 is 11.3 Å². The van der Waals surface area contributed by atoms with Crippen molar-refractivity contribution in [2.75, 3.05) is 5.32 Å². The van der Waals surface area contributed by atoms with Gasteiger partial charge in [-0.1, -0.05) is 6.07 Å². The number of primary amides is 1. The van der Waals surface area contributed by atoms with Crippen LogP contribution in [0.15, 0.2) is 23.6 Å². The zero-order valence-corrected chi connectivity index (χ0v) is 11.8. The number of nitrogens with one attached hydrogen (secondary N) is 2. The molecule has 0 unspecified atom stereocenters. The number of thiophene rings is 1. The third-order valence-electron chi connectivity index (χ3n) is 3.15. The van der Waals surface area contributed by atoms with Gasteiger partial charge in [0.1, 0.15) is 0 Å². The molecule has 0 aliphatic carbocycles. The molecular weight excluding hydrogens is 290 g/mol. The number of hydrogen-bond donors (Lipinski definition) is 3. The Balaban J connectivity index is 1.67. The summed E-state index contributed by atoms with van der Waals surface area (Å²) >= 11 is 1.55. The molecular formula is C13H13N5O2S. The van der Waals surface area contributed by atoms with Crippen molar-refractivity contribution in [3.05, 3.63) is 39.7 Å². The van der Waals surface area contributed by atoms with Gasteiger partial charge in [-0.25, -0.2) is 4.79 Å². The molecule has 3 heterocycles. The van der Waals surface area contributed by atoms with Crippen LogP contribution in [-0.4, -0.2) is 27.0 Å². The quantitative estimate of drug-likeness (QED) is 0.749. The lowest BCUT2D eigenvalue weighted by Crippen LogP contribution is -2.31. The number of nitrogens with two attached hydrogens (primary N) is 1. The van der Waals surface area contributed by atoms with Gasteiger partial charge in [-0.2, -0.15) is 5.10 Å². The van der Waals surface area contributed by atoms with Gasteiger partial charge >= 0.3 is 6.03 Å². The highest BCUT2D eigenvalue weighted by Crippen LogP contribution is 2.26. The number of hydrogen-bond acceptors (Lipinski definition) is 4. The Morgan fingerprint density at radius 3 is 3.05 bits per heavy atom. The second kappa shape index (κ2) is 5.41. The van der Waals surface area contributed by atoms with Crippen molar-refractivity contribution < 1.29 is 9.59 Å². The Hall–Kier alpha value is -2.61. The number of urea groups is 1. The van der Waals surface area contributed by atoms with Gasteiger partial charge < -0.3 is 16.0 Å². The van der Waals surface area contributed by atoms with Crippen LogP contribution in [0.4, 0.5) is 10.6 Å². The maximum absolute atomic E-state index is 11.9. The fraction of sp³-hybridized carbons (Fsp3) is 0.154. The van der Waals surface area contributed by atoms with Crippen LogP contribution in [0, 0.1) is 0 Å². The lowest BCUT2D eigenvalue weighted by molar-refractivity contribution is -0.111. The van der Waals surface area contributed by atoms with Gasteiger partial charge in [0.2, 0.25) is 5.91 Å². The highest BCUT2D eigenvalue weighted by molar-refractivity contribution is 7.10. The summed E-state index contributed by atoms with van der Waals surface area (Å²) in [7, 11) is 0. The summed E-state index contributed by atoms with van der Waals surface area (Å²) in [6.07, 6.45) is 3.19. The van der Waals surface area contributed by atoms with E-state index >= 15 is 0 Å². The first-order valence-corrected chi connectivity index (χ1v) is 7.14. The highest BCUT2D eigenvalue weighted by atomic mass is 32.1. The van der Waals surface area contributed by atoms with E-state index in [4.69, 9.17) is 5.73 Å². The molecule has 1 aliphatic heterocycles. The molecule has 0 aromatic carbocycles. The number of anilines is 1. The average Bonchev–Trinajstić information content (AvgIpc) is 3.14. The molecule has 0 saturated heterocycles. The number of carbonyl (C=O) groups excluding carboxylic acids is 2. The van der Waals surface area contributed by atoms with Crippen molar-refractivity contribution in [2.45, 2.75) is 13.1 Å². The lowest BCUT2D eigenvalue weighted by Gasteiger charge is -2.11. The second-order valence-corrected chi connectivity index (χ2v) is 5.54. The van der Waals surface area contributed by atoms with E-state index in [2.05, 4.69) is 15.5 Å². The summed E-state index contributed by atoms with van der Waals surface area (Å²) in [4.78, 5) is 25.5. The number of nitrogens with zero attached hydrogens (tertiary/aromatic N) is 2. The van der Waals surface area contributed by atoms with Crippen LogP contribution in [0.3, 0.4) is 0 Å². The summed E-state index contributed by atoms with van der Waals surface area (Å²) in [5.41, 5.74) is 6.84. The van der Waals surface area contributed by atoms with Crippen LogP contribution in [-0.2, 0) is 17.9 Å². The van der Waals surface area contributed by atoms with Crippen molar-refractivity contribution >= 4 is 35.2 Å². The summed E-state index contributed by atoms with van der Waals surface area (Å²) in [5.74, 6) is 0.171. The van der Waals surface area contributed by atoms with E-state index < -0.39 is 6.03 Å². The summed E-state index contributed by atoms with van der Waals surface area (Å²) < 4.78 is 0. The largest absolute Gasteiger partial charge is 0.351 e. The molecule has 2 aromatic rings. The molecule has 108 valence electrons. The molecule has 0 atom stereocenters. The number of H-pyrrole nitrogens is 1. The third-order valence-corrected chi connectivity index (χ3v) is 3.98. The maximum atomic E-state index is 11.9. The molecule has 7 nitrogen and oxygen atoms in total. The molecule has 3 amide bonds. The molecule has 0 bridgehead atoms. The zero-order chi connectivity index (χ0) is 14.8. The summed E-state index contributed by atoms with van der Waals surface area (Å²) in [6, 6.07) is 3.35. The Morgan fingerprint density at radius 2 is 2.33 bits per heavy atom. The minimum atomic E-state index is -0.491. The van der Waals surface area contributed by atoms with Crippen molar-refractivity contribution in [1.29, 1.82) is 0 Å². The van der Waals surface area contributed by atoms with Crippen molar-refractivity contribution in [3.8, 4) is 0 Å². The smallest absolute Gasteiger partial charge is 0.315 e. The fourth-order valence-corrected chi connectivity index (χ4v) is 2.72. The SMILES string of the molecule is NC(=O)N1Cc2[nH]nc(NC(=O)C=Cc3cccs3)c2C1. The molecule has 0 spiro atoms. The Kier molecular flexibility index (Phi) is 3.44. The predicted octanol–water partition coefficient (Wildman–Crippen LogP) is 1.52. The van der Waals surface area contributed by atoms with E-state index in [1.54, 1.807) is 17.4 Å². The number of rotatable bonds is 3. The number of fused-ring (bicyclic) bond motifs is 1. The fourth-order valence-electron chi connectivity index (χ4n) is 2.10. The van der Waals surface area contributed by atoms with E-state index in [1.165, 1.54) is 11.0 Å². The second-order valence-electron chi connectivity index (χ2n) is 4.56. The summed E-state index contributed by atoms with van der Waals surface area (Å²) in [5, 5.41) is 11.5. The van der Waals surface area contributed by atoms with Gasteiger partial charge in [0.15, 0.2) is 5.82 Å². The van der Waals surface area contributed by atoms with E-state index in [9.17, 15) is 9.59 Å². The molecule has 21 heavy (non-hydrogen) atoms. The van der Waals surface area contributed by atoms with E-state index in [-0.39, 0.29) is 5.91 Å². The van der Waals surface area contributed by atoms with Gasteiger partial charge in [-0.15, -0.1) is 11.3 Å². The molecule has 3 rings (SSSR count). The molecule has 0 radical (unpaired) electrons. The molecule has 4 N–H and O–H groups in total. The van der Waals surface area contributed by atoms with E-state index in [0.29, 0.717) is 18.9 Å². The standard InChI is InChI=1S/C13H13N5O2S/c14-13(20)18-6-9-10(7-18)16-17-12(9)15-11(19)4-3-8-2-1-5-21-8/h1-5H,6-7H2,(H2,14,20)(H2,15,16,17,19). The molecule has 0 fully saturated rings. The molecule has 0 saturated carbocycles. The number of aromatic nitrogens is 2. The van der Waals surface area contributed by atoms with Gasteiger partial charge in [0.05, 0.1) is 18.8 Å². The highest BCUT2D eigenvalue weighted by Gasteiger charge is 2.27. The van der Waals surface area contributed by atoms with Crippen LogP contribution in [0.2, 0.25) is 0 Å². The van der Waals surface area contributed by atoms with Gasteiger partial charge in [0.25, 0.3) is 0 Å². The minimum absolute atomic E-state index is 0.268. The first-order valence-electron chi connectivity index (χ1n) is 6.26. The van der Waals surface area contributed by atoms with Gasteiger partial charge in [-0.05, 0) is 17.5 Å². The van der Waals surface area contributed by atoms with Crippen molar-refractivity contribution in [3.63, 3.8) is 0 Å². The third kappa shape index (κ3) is 2.79. The number of carbonyl (C=O) groups is 2. The van der Waals surface area contributed by atoms with Gasteiger partial charge in [0, 0.05) is 16.5 Å². The number of amides is 3. The zero-order valence-electron chi connectivity index (χ0n) is 11.0. The van der Waals surface area contributed by atoms with Crippen molar-refractivity contribution in [2.24, 2.45) is 5.73 Å². The van der Waals surface area contributed by atoms with E-state index in [1.807, 2.05) is 17.5 Å². The average molecular weight is 303 g/mol. The minimum Gasteiger partial charge on any atom is -0.351 e.